The van der Waals surface area contributed by atoms with E-state index < -0.39 is 31.5 Å². The zero-order valence-electron chi connectivity index (χ0n) is 24.0. The number of hydrogen-bond acceptors (Lipinski definition) is 12. The Morgan fingerprint density at radius 2 is 0.761 bits per heavy atom. The summed E-state index contributed by atoms with van der Waals surface area (Å²) in [5.74, 6) is -0.924. The van der Waals surface area contributed by atoms with Gasteiger partial charge in [0.05, 0.1) is 19.7 Å². The summed E-state index contributed by atoms with van der Waals surface area (Å²) < 4.78 is 0. The van der Waals surface area contributed by atoms with Gasteiger partial charge in [-0.25, -0.2) is 0 Å². The molecule has 0 saturated carbocycles. The Hall–Kier alpha value is -6.98. The summed E-state index contributed by atoms with van der Waals surface area (Å²) in [5, 5.41) is 48.9. The molecule has 4 aromatic carbocycles. The molecule has 0 bridgehead atoms. The molecule has 46 heavy (non-hydrogen) atoms. The van der Waals surface area contributed by atoms with Gasteiger partial charge in [0.1, 0.15) is 22.7 Å². The van der Waals surface area contributed by atoms with E-state index in [0.717, 1.165) is 0 Å². The summed E-state index contributed by atoms with van der Waals surface area (Å²) >= 11 is 0. The Morgan fingerprint density at radius 3 is 1.02 bits per heavy atom. The number of nitrogens with zero attached hydrogens (tertiary/aromatic N) is 4. The molecule has 0 atom stereocenters. The highest BCUT2D eigenvalue weighted by Crippen LogP contribution is 2.35. The SMILES string of the molecule is CC(=O)Nc1ccc(-c2ccc(NC(C)=O)c([N+](=O)[O-])c2)cc1[N+](=O)[O-].Nc1ccc(-c2ccc(N)c([N+](=O)[O-])c2)cc1[N+](=O)[O-]. The Kier molecular flexibility index (Phi) is 10.2. The van der Waals surface area contributed by atoms with Gasteiger partial charge in [0.2, 0.25) is 11.8 Å². The van der Waals surface area contributed by atoms with Gasteiger partial charge < -0.3 is 22.1 Å². The number of carbonyl (C=O) groups excluding carboxylic acids is 2. The van der Waals surface area contributed by atoms with Gasteiger partial charge in [0.25, 0.3) is 22.7 Å². The molecular weight excluding hydrogens is 608 g/mol. The zero-order valence-corrected chi connectivity index (χ0v) is 24.0. The number of rotatable bonds is 8. The van der Waals surface area contributed by atoms with E-state index in [-0.39, 0.29) is 45.5 Å². The lowest BCUT2D eigenvalue weighted by molar-refractivity contribution is -0.384. The largest absolute Gasteiger partial charge is 0.393 e. The van der Waals surface area contributed by atoms with Gasteiger partial charge in [-0.05, 0) is 46.5 Å². The number of nitrogens with one attached hydrogen (secondary N) is 2. The van der Waals surface area contributed by atoms with Crippen LogP contribution in [-0.2, 0) is 9.59 Å². The lowest BCUT2D eigenvalue weighted by atomic mass is 10.0. The summed E-state index contributed by atoms with van der Waals surface area (Å²) in [7, 11) is 0. The Morgan fingerprint density at radius 1 is 0.500 bits per heavy atom. The molecule has 4 rings (SSSR count). The number of hydrogen-bond donors (Lipinski definition) is 4. The zero-order chi connectivity index (χ0) is 34.3. The van der Waals surface area contributed by atoms with Crippen molar-refractivity contribution >= 4 is 57.3 Å². The number of carbonyl (C=O) groups is 2. The number of benzene rings is 4. The number of nitrogens with two attached hydrogens (primary N) is 2. The normalized spacial score (nSPS) is 10.1. The molecule has 18 heteroatoms. The molecular formula is C28H24N8O10. The molecule has 0 fully saturated rings. The van der Waals surface area contributed by atoms with Gasteiger partial charge in [0.15, 0.2) is 0 Å². The van der Waals surface area contributed by atoms with E-state index in [1.807, 2.05) is 0 Å². The maximum absolute atomic E-state index is 11.2. The maximum Gasteiger partial charge on any atom is 0.293 e. The van der Waals surface area contributed by atoms with Crippen LogP contribution in [0, 0.1) is 40.5 Å². The Balaban J connectivity index is 0.000000259. The van der Waals surface area contributed by atoms with Crippen molar-refractivity contribution in [2.45, 2.75) is 13.8 Å². The summed E-state index contributed by atoms with van der Waals surface area (Å²) in [5.41, 5.74) is 11.5. The summed E-state index contributed by atoms with van der Waals surface area (Å²) in [6.07, 6.45) is 0. The fourth-order valence-electron chi connectivity index (χ4n) is 4.08. The van der Waals surface area contributed by atoms with Crippen molar-refractivity contribution in [3.05, 3.63) is 113 Å². The highest BCUT2D eigenvalue weighted by atomic mass is 16.6. The molecule has 0 heterocycles. The molecule has 0 aliphatic rings. The standard InChI is InChI=1S/C16H14N4O6.C12H10N4O4/c1-9(21)17-13-5-3-11(7-15(13)19(23)24)12-4-6-14(18-10(2)22)16(8-12)20(25)26;13-9-3-1-7(5-11(9)15(17)18)8-2-4-10(14)12(6-8)16(19)20/h3-8H,1-2H3,(H,17,21)(H,18,22);1-6H,13-14H2. The fourth-order valence-corrected chi connectivity index (χ4v) is 4.08. The van der Waals surface area contributed by atoms with Crippen LogP contribution < -0.4 is 22.1 Å². The average Bonchev–Trinajstić information content (AvgIpc) is 2.97. The van der Waals surface area contributed by atoms with E-state index in [2.05, 4.69) is 10.6 Å². The topological polar surface area (TPSA) is 283 Å². The third-order valence-electron chi connectivity index (χ3n) is 6.13. The third-order valence-corrected chi connectivity index (χ3v) is 6.13. The van der Waals surface area contributed by atoms with E-state index in [1.165, 1.54) is 74.5 Å². The van der Waals surface area contributed by atoms with Crippen LogP contribution in [0.5, 0.6) is 0 Å². The van der Waals surface area contributed by atoms with Crippen molar-refractivity contribution < 1.29 is 29.3 Å². The van der Waals surface area contributed by atoms with Crippen molar-refractivity contribution in [1.82, 2.24) is 0 Å². The van der Waals surface area contributed by atoms with E-state index in [9.17, 15) is 50.0 Å². The number of nitrogen functional groups attached to an aromatic ring is 2. The van der Waals surface area contributed by atoms with Crippen molar-refractivity contribution in [2.75, 3.05) is 22.1 Å². The minimum absolute atomic E-state index is 0.0237. The van der Waals surface area contributed by atoms with Crippen LogP contribution in [0.1, 0.15) is 13.8 Å². The first-order valence-electron chi connectivity index (χ1n) is 12.8. The van der Waals surface area contributed by atoms with E-state index in [4.69, 9.17) is 11.5 Å². The molecule has 0 radical (unpaired) electrons. The van der Waals surface area contributed by atoms with Gasteiger partial charge >= 0.3 is 0 Å². The van der Waals surface area contributed by atoms with Crippen LogP contribution in [0.15, 0.2) is 72.8 Å². The molecule has 0 aliphatic heterocycles. The molecule has 0 aliphatic carbocycles. The highest BCUT2D eigenvalue weighted by molar-refractivity contribution is 5.93. The number of anilines is 4. The second-order valence-corrected chi connectivity index (χ2v) is 9.40. The maximum atomic E-state index is 11.2. The van der Waals surface area contributed by atoms with Crippen molar-refractivity contribution in [1.29, 1.82) is 0 Å². The average molecular weight is 633 g/mol. The number of nitro groups is 4. The first-order valence-corrected chi connectivity index (χ1v) is 12.8. The molecule has 0 aromatic heterocycles. The van der Waals surface area contributed by atoms with E-state index in [1.54, 1.807) is 12.1 Å². The molecule has 236 valence electrons. The van der Waals surface area contributed by atoms with Crippen LogP contribution in [0.2, 0.25) is 0 Å². The Labute approximate surface area is 258 Å². The third kappa shape index (κ3) is 8.10. The minimum atomic E-state index is -0.658. The van der Waals surface area contributed by atoms with Crippen molar-refractivity contribution in [3.8, 4) is 22.3 Å². The second kappa shape index (κ2) is 14.0. The quantitative estimate of drug-likeness (QED) is 0.108. The second-order valence-electron chi connectivity index (χ2n) is 9.40. The van der Waals surface area contributed by atoms with Gasteiger partial charge in [-0.15, -0.1) is 0 Å². The van der Waals surface area contributed by atoms with Crippen molar-refractivity contribution in [2.24, 2.45) is 0 Å². The lowest BCUT2D eigenvalue weighted by Crippen LogP contribution is -2.08. The molecule has 6 N–H and O–H groups in total. The molecule has 4 aromatic rings. The number of nitro benzene ring substituents is 4. The summed E-state index contributed by atoms with van der Waals surface area (Å²) in [6.45, 7) is 2.45. The fraction of sp³-hybridized carbons (Fsp3) is 0.0714. The first-order chi connectivity index (χ1) is 21.6. The minimum Gasteiger partial charge on any atom is -0.393 e. The van der Waals surface area contributed by atoms with Gasteiger partial charge in [-0.1, -0.05) is 24.3 Å². The van der Waals surface area contributed by atoms with Crippen LogP contribution in [0.4, 0.5) is 45.5 Å². The lowest BCUT2D eigenvalue weighted by Gasteiger charge is -2.08. The highest BCUT2D eigenvalue weighted by Gasteiger charge is 2.20. The van der Waals surface area contributed by atoms with Gasteiger partial charge in [-0.2, -0.15) is 0 Å². The Bertz CT molecular complexity index is 1770. The van der Waals surface area contributed by atoms with E-state index >= 15 is 0 Å². The number of amides is 2. The molecule has 2 amide bonds. The summed E-state index contributed by atoms with van der Waals surface area (Å²) in [6, 6.07) is 16.5. The van der Waals surface area contributed by atoms with E-state index in [0.29, 0.717) is 22.3 Å². The van der Waals surface area contributed by atoms with Crippen LogP contribution in [-0.4, -0.2) is 31.5 Å². The predicted molar refractivity (Wildman–Crippen MR) is 168 cm³/mol. The van der Waals surface area contributed by atoms with Crippen LogP contribution in [0.3, 0.4) is 0 Å². The van der Waals surface area contributed by atoms with Gasteiger partial charge in [0, 0.05) is 38.1 Å². The van der Waals surface area contributed by atoms with Gasteiger partial charge in [-0.3, -0.25) is 50.0 Å². The molecule has 0 unspecified atom stereocenters. The van der Waals surface area contributed by atoms with Crippen LogP contribution in [0.25, 0.3) is 22.3 Å². The molecule has 18 nitrogen and oxygen atoms in total. The van der Waals surface area contributed by atoms with Crippen LogP contribution >= 0.6 is 0 Å². The monoisotopic (exact) mass is 632 g/mol. The first kappa shape index (κ1) is 33.5. The molecule has 0 spiro atoms. The molecule has 0 saturated heterocycles. The summed E-state index contributed by atoms with van der Waals surface area (Å²) in [4.78, 5) is 63.9. The van der Waals surface area contributed by atoms with Crippen molar-refractivity contribution in [3.63, 3.8) is 0 Å². The smallest absolute Gasteiger partial charge is 0.293 e. The predicted octanol–water partition coefficient (Wildman–Crippen LogP) is 5.42.